The van der Waals surface area contributed by atoms with Crippen LogP contribution < -0.4 is 70.0 Å². The number of hydrogen-bond donors (Lipinski definition) is 21. The van der Waals surface area contributed by atoms with E-state index in [4.69, 9.17) is 11.5 Å². The minimum atomic E-state index is -1.98. The Labute approximate surface area is 591 Å². The van der Waals surface area contributed by atoms with Crippen molar-refractivity contribution in [2.75, 3.05) is 36.6 Å². The molecule has 0 unspecified atom stereocenters. The number of phenolic OH excluding ortho intramolecular Hbond substituents is 1. The number of aromatic hydroxyl groups is 1. The van der Waals surface area contributed by atoms with Gasteiger partial charge in [-0.25, -0.2) is 4.79 Å². The number of hydrogen-bond acceptors (Lipinski definition) is 21. The minimum Gasteiger partial charge on any atom is -0.508 e. The maximum Gasteiger partial charge on any atom is 0.327 e. The van der Waals surface area contributed by atoms with Gasteiger partial charge in [0.15, 0.2) is 0 Å². The van der Waals surface area contributed by atoms with Crippen LogP contribution in [-0.2, 0) is 84.8 Å². The standard InChI is InChI=1S/C63H92N14O20S3/c1-6-32(4)52(77-56(89)41(20-22-100-5)70-58(91)44(25-49(82)83)72-55(88)39(13-9-10-21-64)68-47(79)28-67-54(87)40(18-19-48(80)81)69-53(86)37(65)29-98)62(95)74-45(26-50(84)85)59(92)71-43(24-34-27-66-38-12-8-7-11-36(34)38)60(93)76-51(31(2)3)61(94)73-42(23-33-14-16-35(78)17-15-33)57(90)75-46(30-99)63(96)97/h7-8,11-12,14-17,27,31-32,37,39-46,51-52,66,78,98-99H,6,9-10,13,18-26,28-30,64-65H2,1-5H3,(H,67,87)(H,68,79)(H,69,86)(H,70,91)(H,71,92)(H,72,88)(H,73,94)(H,74,95)(H,75,90)(H,76,93)(H,77,89)(H,80,81)(H,82,83)(H,84,85)(H,96,97)/t32-,37-,39-,40-,41-,42-,43-,44-,45-,46-,51-,52-/m0/s1. The van der Waals surface area contributed by atoms with Gasteiger partial charge in [0, 0.05) is 47.9 Å². The number of carboxylic acid groups (broad SMARTS) is 4. The number of aromatic nitrogens is 1. The van der Waals surface area contributed by atoms with Crippen LogP contribution in [0.25, 0.3) is 10.9 Å². The van der Waals surface area contributed by atoms with Crippen LogP contribution in [0.5, 0.6) is 5.75 Å². The minimum absolute atomic E-state index is 0.106. The smallest absolute Gasteiger partial charge is 0.327 e. The Hall–Kier alpha value is -9.20. The summed E-state index contributed by atoms with van der Waals surface area (Å²) in [5, 5.41) is 76.1. The monoisotopic (exact) mass is 1460 g/mol. The molecule has 37 heteroatoms. The fraction of sp³-hybridized carbons (Fsp3) is 0.540. The Kier molecular flexibility index (Phi) is 36.9. The molecule has 0 radical (unpaired) electrons. The van der Waals surface area contributed by atoms with Crippen LogP contribution in [0.15, 0.2) is 54.7 Å². The number of amides is 11. The molecule has 552 valence electrons. The molecular formula is C63H92N14O20S3. The van der Waals surface area contributed by atoms with Crippen LogP contribution in [0.3, 0.4) is 0 Å². The van der Waals surface area contributed by atoms with Gasteiger partial charge in [-0.2, -0.15) is 37.0 Å². The summed E-state index contributed by atoms with van der Waals surface area (Å²) in [6.45, 7) is 5.61. The third-order valence-corrected chi connectivity index (χ3v) is 17.1. The fourth-order valence-corrected chi connectivity index (χ4v) is 10.7. The number of thiol groups is 2. The van der Waals surface area contributed by atoms with Crippen molar-refractivity contribution in [2.45, 2.75) is 165 Å². The summed E-state index contributed by atoms with van der Waals surface area (Å²) in [5.74, 6) is -19.2. The van der Waals surface area contributed by atoms with Crippen LogP contribution in [0.1, 0.15) is 96.6 Å². The number of nitrogens with two attached hydrogens (primary N) is 2. The maximum atomic E-state index is 14.7. The summed E-state index contributed by atoms with van der Waals surface area (Å²) in [5.41, 5.74) is 12.9. The number of aromatic amines is 1. The zero-order chi connectivity index (χ0) is 74.9. The van der Waals surface area contributed by atoms with Crippen molar-refractivity contribution >= 4 is 137 Å². The second kappa shape index (κ2) is 43.4. The number of phenols is 1. The zero-order valence-corrected chi connectivity index (χ0v) is 58.4. The Morgan fingerprint density at radius 2 is 1.02 bits per heavy atom. The highest BCUT2D eigenvalue weighted by molar-refractivity contribution is 7.98. The molecule has 3 aromatic rings. The van der Waals surface area contributed by atoms with Gasteiger partial charge < -0.3 is 100 Å². The lowest BCUT2D eigenvalue weighted by Gasteiger charge is -2.30. The summed E-state index contributed by atoms with van der Waals surface area (Å²) >= 11 is 9.17. The first-order chi connectivity index (χ1) is 47.3. The Morgan fingerprint density at radius 1 is 0.530 bits per heavy atom. The van der Waals surface area contributed by atoms with Crippen molar-refractivity contribution < 1.29 is 97.5 Å². The van der Waals surface area contributed by atoms with E-state index in [0.29, 0.717) is 28.5 Å². The summed E-state index contributed by atoms with van der Waals surface area (Å²) in [7, 11) is 0. The van der Waals surface area contributed by atoms with Gasteiger partial charge in [0.2, 0.25) is 65.0 Å². The van der Waals surface area contributed by atoms with Crippen molar-refractivity contribution in [3.63, 3.8) is 0 Å². The Bertz CT molecular complexity index is 3340. The van der Waals surface area contributed by atoms with Crippen LogP contribution >= 0.6 is 37.0 Å². The highest BCUT2D eigenvalue weighted by Gasteiger charge is 2.39. The number of H-pyrrole nitrogens is 1. The lowest BCUT2D eigenvalue weighted by atomic mass is 9.96. The van der Waals surface area contributed by atoms with Gasteiger partial charge in [-0.05, 0) is 91.8 Å². The molecule has 0 aliphatic carbocycles. The number of benzene rings is 2. The molecule has 0 fully saturated rings. The first kappa shape index (κ1) is 85.0. The number of unbranched alkanes of at least 4 members (excludes halogenated alkanes) is 1. The largest absolute Gasteiger partial charge is 0.508 e. The van der Waals surface area contributed by atoms with E-state index in [1.807, 2.05) is 0 Å². The number of fused-ring (bicyclic) bond motifs is 1. The number of aliphatic carboxylic acids is 4. The highest BCUT2D eigenvalue weighted by Crippen LogP contribution is 2.21. The first-order valence-electron chi connectivity index (χ1n) is 32.0. The molecule has 21 N–H and O–H groups in total. The molecule has 0 bridgehead atoms. The summed E-state index contributed by atoms with van der Waals surface area (Å²) in [4.78, 5) is 204. The molecule has 0 aliphatic heterocycles. The molecule has 12 atom stereocenters. The van der Waals surface area contributed by atoms with Crippen molar-refractivity contribution in [1.82, 2.24) is 63.5 Å². The quantitative estimate of drug-likeness (QED) is 0.0202. The van der Waals surface area contributed by atoms with Crippen LogP contribution in [-0.4, -0.2) is 222 Å². The zero-order valence-electron chi connectivity index (χ0n) is 55.8. The number of nitrogens with one attached hydrogen (secondary N) is 12. The summed E-state index contributed by atoms with van der Waals surface area (Å²) < 4.78 is 0. The van der Waals surface area contributed by atoms with Gasteiger partial charge in [0.25, 0.3) is 0 Å². The first-order valence-corrected chi connectivity index (χ1v) is 34.6. The molecule has 0 saturated carbocycles. The SMILES string of the molecule is CC[C@H](C)[C@H](NC(=O)[C@H](CCSC)NC(=O)[C@H](CC(=O)O)NC(=O)[C@H](CCCCN)NC(=O)CNC(=O)[C@H](CCC(=O)O)NC(=O)[C@@H](N)CS)C(=O)N[C@@H](CC(=O)O)C(=O)N[C@@H](Cc1c[nH]c2ccccc12)C(=O)N[C@H](C(=O)N[C@@H](Cc1ccc(O)cc1)C(=O)N[C@@H](CS)C(=O)O)C(C)C. The molecule has 2 aromatic carbocycles. The Balaban J connectivity index is 1.95. The second-order valence-corrected chi connectivity index (χ2v) is 25.5. The molecule has 0 saturated heterocycles. The lowest BCUT2D eigenvalue weighted by molar-refractivity contribution is -0.142. The van der Waals surface area contributed by atoms with E-state index in [0.717, 1.165) is 0 Å². The molecule has 11 amide bonds. The lowest BCUT2D eigenvalue weighted by Crippen LogP contribution is -2.62. The topological polar surface area (TPSA) is 557 Å². The number of rotatable bonds is 46. The van der Waals surface area contributed by atoms with E-state index < -0.39 is 199 Å². The molecule has 1 aromatic heterocycles. The van der Waals surface area contributed by atoms with E-state index in [1.54, 1.807) is 57.5 Å². The van der Waals surface area contributed by atoms with Crippen molar-refractivity contribution in [1.29, 1.82) is 0 Å². The van der Waals surface area contributed by atoms with Crippen molar-refractivity contribution in [3.05, 3.63) is 65.9 Å². The predicted octanol–water partition coefficient (Wildman–Crippen LogP) is -2.71. The van der Waals surface area contributed by atoms with E-state index in [2.05, 4.69) is 88.7 Å². The van der Waals surface area contributed by atoms with Gasteiger partial charge in [-0.1, -0.05) is 64.4 Å². The third-order valence-electron chi connectivity index (χ3n) is 15.7. The van der Waals surface area contributed by atoms with Crippen LogP contribution in [0, 0.1) is 11.8 Å². The number of para-hydroxylation sites is 1. The van der Waals surface area contributed by atoms with Crippen LogP contribution in [0.2, 0.25) is 0 Å². The van der Waals surface area contributed by atoms with Gasteiger partial charge in [0.1, 0.15) is 66.2 Å². The van der Waals surface area contributed by atoms with E-state index in [-0.39, 0.29) is 68.1 Å². The summed E-state index contributed by atoms with van der Waals surface area (Å²) in [6.07, 6.45) is -0.0750. The number of carbonyl (C=O) groups excluding carboxylic acids is 11. The molecule has 100 heavy (non-hydrogen) atoms. The Morgan fingerprint density at radius 3 is 1.58 bits per heavy atom. The fourth-order valence-electron chi connectivity index (χ4n) is 9.82. The van der Waals surface area contributed by atoms with Crippen molar-refractivity contribution in [2.24, 2.45) is 23.3 Å². The second-order valence-electron chi connectivity index (χ2n) is 23.8. The average Bonchev–Trinajstić information content (AvgIpc) is 1.69. The van der Waals surface area contributed by atoms with E-state index >= 15 is 0 Å². The highest BCUT2D eigenvalue weighted by atomic mass is 32.2. The van der Waals surface area contributed by atoms with Gasteiger partial charge >= 0.3 is 23.9 Å². The number of carboxylic acids is 4. The van der Waals surface area contributed by atoms with Crippen molar-refractivity contribution in [3.8, 4) is 5.75 Å². The average molecular weight is 1460 g/mol. The molecular weight excluding hydrogens is 1370 g/mol. The molecule has 34 nitrogen and oxygen atoms in total. The maximum absolute atomic E-state index is 14.7. The third kappa shape index (κ3) is 28.9. The van der Waals surface area contributed by atoms with Crippen LogP contribution in [0.4, 0.5) is 0 Å². The molecule has 1 heterocycles. The van der Waals surface area contributed by atoms with Gasteiger partial charge in [-0.15, -0.1) is 0 Å². The van der Waals surface area contributed by atoms with E-state index in [9.17, 15) is 97.5 Å². The number of carbonyl (C=O) groups is 15. The predicted molar refractivity (Wildman–Crippen MR) is 371 cm³/mol. The van der Waals surface area contributed by atoms with Gasteiger partial charge in [0.05, 0.1) is 25.4 Å². The van der Waals surface area contributed by atoms with Gasteiger partial charge in [-0.3, -0.25) is 67.1 Å². The molecule has 3 rings (SSSR count). The summed E-state index contributed by atoms with van der Waals surface area (Å²) in [6, 6.07) is -4.80. The molecule has 0 spiro atoms. The van der Waals surface area contributed by atoms with E-state index in [1.165, 1.54) is 43.0 Å². The normalized spacial score (nSPS) is 14.7. The molecule has 0 aliphatic rings. The number of thioether (sulfide) groups is 1.